The van der Waals surface area contributed by atoms with Crippen LogP contribution in [0.1, 0.15) is 21.5 Å². The average molecular weight is 432 g/mol. The Morgan fingerprint density at radius 1 is 1.00 bits per heavy atom. The molecule has 0 radical (unpaired) electrons. The van der Waals surface area contributed by atoms with Crippen molar-refractivity contribution in [2.24, 2.45) is 0 Å². The number of nitrogens with zero attached hydrogens (tertiary/aromatic N) is 3. The summed E-state index contributed by atoms with van der Waals surface area (Å²) in [5, 5.41) is 0.660. The van der Waals surface area contributed by atoms with Gasteiger partial charge in [-0.2, -0.15) is 0 Å². The van der Waals surface area contributed by atoms with Crippen LogP contribution in [0.3, 0.4) is 0 Å². The van der Waals surface area contributed by atoms with E-state index < -0.39 is 0 Å². The van der Waals surface area contributed by atoms with Gasteiger partial charge in [0.05, 0.1) is 18.4 Å². The van der Waals surface area contributed by atoms with Gasteiger partial charge in [-0.05, 0) is 48.4 Å². The van der Waals surface area contributed by atoms with Gasteiger partial charge in [-0.1, -0.05) is 47.7 Å². The van der Waals surface area contributed by atoms with Gasteiger partial charge in [0.15, 0.2) is 5.13 Å². The molecule has 4 rings (SSSR count). The zero-order valence-electron chi connectivity index (χ0n) is 18.1. The van der Waals surface area contributed by atoms with Crippen LogP contribution in [-0.4, -0.2) is 32.1 Å². The highest BCUT2D eigenvalue weighted by Gasteiger charge is 2.23. The van der Waals surface area contributed by atoms with Gasteiger partial charge >= 0.3 is 0 Å². The van der Waals surface area contributed by atoms with Crippen molar-refractivity contribution in [3.63, 3.8) is 0 Å². The Labute approximate surface area is 186 Å². The van der Waals surface area contributed by atoms with Crippen molar-refractivity contribution < 1.29 is 9.53 Å². The molecule has 3 aromatic carbocycles. The largest absolute Gasteiger partial charge is 0.494 e. The molecule has 5 nitrogen and oxygen atoms in total. The lowest BCUT2D eigenvalue weighted by Gasteiger charge is -2.21. The molecule has 0 aliphatic rings. The second kappa shape index (κ2) is 8.78. The van der Waals surface area contributed by atoms with Crippen molar-refractivity contribution in [3.8, 4) is 5.75 Å². The van der Waals surface area contributed by atoms with E-state index in [4.69, 9.17) is 9.72 Å². The fourth-order valence-electron chi connectivity index (χ4n) is 3.43. The first-order chi connectivity index (χ1) is 15.0. The predicted octanol–water partition coefficient (Wildman–Crippen LogP) is 5.53. The summed E-state index contributed by atoms with van der Waals surface area (Å²) in [6, 6.07) is 21.6. The quantitative estimate of drug-likeness (QED) is 0.403. The molecule has 1 aromatic heterocycles. The average Bonchev–Trinajstić information content (AvgIpc) is 3.24. The molecule has 0 bridgehead atoms. The number of amides is 1. The lowest BCUT2D eigenvalue weighted by atomic mass is 10.1. The van der Waals surface area contributed by atoms with E-state index in [-0.39, 0.29) is 5.91 Å². The standard InChI is InChI=1S/C25H25N3O2S/c1-17-10-15-21(30-4)22-23(17)31-25(26-22)28(16-18-8-6-5-7-9-18)24(29)19-11-13-20(14-12-19)27(2)3/h5-15H,16H2,1-4H3. The normalized spacial score (nSPS) is 10.8. The van der Waals surface area contributed by atoms with E-state index >= 15 is 0 Å². The number of hydrogen-bond donors (Lipinski definition) is 0. The van der Waals surface area contributed by atoms with E-state index in [0.717, 1.165) is 27.0 Å². The molecule has 1 amide bonds. The van der Waals surface area contributed by atoms with Crippen LogP contribution in [0.15, 0.2) is 66.7 Å². The van der Waals surface area contributed by atoms with Gasteiger partial charge in [0.1, 0.15) is 11.3 Å². The summed E-state index contributed by atoms with van der Waals surface area (Å²) in [6.45, 7) is 2.49. The van der Waals surface area contributed by atoms with Gasteiger partial charge in [0.2, 0.25) is 0 Å². The van der Waals surface area contributed by atoms with Crippen LogP contribution < -0.4 is 14.5 Å². The highest BCUT2D eigenvalue weighted by atomic mass is 32.1. The monoisotopic (exact) mass is 431 g/mol. The molecular weight excluding hydrogens is 406 g/mol. The third-order valence-corrected chi connectivity index (χ3v) is 6.42. The molecule has 0 saturated carbocycles. The summed E-state index contributed by atoms with van der Waals surface area (Å²) in [5.74, 6) is 0.635. The number of fused-ring (bicyclic) bond motifs is 1. The Morgan fingerprint density at radius 2 is 1.71 bits per heavy atom. The molecule has 0 saturated heterocycles. The minimum atomic E-state index is -0.0789. The number of rotatable bonds is 6. The van der Waals surface area contributed by atoms with Crippen LogP contribution in [0, 0.1) is 6.92 Å². The molecule has 0 aliphatic carbocycles. The smallest absolute Gasteiger partial charge is 0.260 e. The molecule has 6 heteroatoms. The van der Waals surface area contributed by atoms with Gasteiger partial charge in [-0.15, -0.1) is 0 Å². The second-order valence-corrected chi connectivity index (χ2v) is 8.55. The van der Waals surface area contributed by atoms with Gasteiger partial charge in [-0.25, -0.2) is 4.98 Å². The summed E-state index contributed by atoms with van der Waals surface area (Å²) < 4.78 is 6.54. The van der Waals surface area contributed by atoms with E-state index in [1.54, 1.807) is 12.0 Å². The number of anilines is 2. The van der Waals surface area contributed by atoms with E-state index in [1.807, 2.05) is 92.6 Å². The van der Waals surface area contributed by atoms with E-state index in [2.05, 4.69) is 0 Å². The first-order valence-electron chi connectivity index (χ1n) is 10.0. The van der Waals surface area contributed by atoms with Gasteiger partial charge in [-0.3, -0.25) is 9.69 Å². The lowest BCUT2D eigenvalue weighted by molar-refractivity contribution is 0.0985. The Kier molecular flexibility index (Phi) is 5.91. The first kappa shape index (κ1) is 20.9. The third-order valence-electron chi connectivity index (χ3n) is 5.20. The van der Waals surface area contributed by atoms with Crippen LogP contribution in [0.5, 0.6) is 5.75 Å². The highest BCUT2D eigenvalue weighted by molar-refractivity contribution is 7.22. The number of thiazole rings is 1. The maximum Gasteiger partial charge on any atom is 0.260 e. The molecule has 0 unspecified atom stereocenters. The zero-order valence-corrected chi connectivity index (χ0v) is 18.9. The van der Waals surface area contributed by atoms with E-state index in [0.29, 0.717) is 23.0 Å². The fraction of sp³-hybridized carbons (Fsp3) is 0.200. The van der Waals surface area contributed by atoms with Crippen LogP contribution >= 0.6 is 11.3 Å². The number of hydrogen-bond acceptors (Lipinski definition) is 5. The molecule has 0 N–H and O–H groups in total. The van der Waals surface area contributed by atoms with E-state index in [9.17, 15) is 4.79 Å². The summed E-state index contributed by atoms with van der Waals surface area (Å²) >= 11 is 1.52. The Hall–Kier alpha value is -3.38. The third kappa shape index (κ3) is 4.25. The summed E-state index contributed by atoms with van der Waals surface area (Å²) in [7, 11) is 5.60. The second-order valence-electron chi connectivity index (χ2n) is 7.58. The van der Waals surface area contributed by atoms with Crippen molar-refractivity contribution in [2.75, 3.05) is 31.0 Å². The molecule has 0 atom stereocenters. The number of benzene rings is 3. The summed E-state index contributed by atoms with van der Waals surface area (Å²) in [4.78, 5) is 22.2. The molecule has 0 spiro atoms. The van der Waals surface area contributed by atoms with Crippen molar-refractivity contribution in [2.45, 2.75) is 13.5 Å². The molecule has 158 valence electrons. The Morgan fingerprint density at radius 3 is 2.35 bits per heavy atom. The SMILES string of the molecule is COc1ccc(C)c2sc(N(Cc3ccccc3)C(=O)c3ccc(N(C)C)cc3)nc12. The van der Waals surface area contributed by atoms with Gasteiger partial charge in [0.25, 0.3) is 5.91 Å². The number of methoxy groups -OCH3 is 1. The van der Waals surface area contributed by atoms with Gasteiger partial charge in [0, 0.05) is 25.3 Å². The molecule has 0 fully saturated rings. The number of carbonyl (C=O) groups is 1. The summed E-state index contributed by atoms with van der Waals surface area (Å²) in [6.07, 6.45) is 0. The van der Waals surface area contributed by atoms with Crippen molar-refractivity contribution in [1.29, 1.82) is 0 Å². The van der Waals surface area contributed by atoms with Crippen molar-refractivity contribution in [3.05, 3.63) is 83.4 Å². The predicted molar refractivity (Wildman–Crippen MR) is 129 cm³/mol. The molecular formula is C25H25N3O2S. The number of ether oxygens (including phenoxy) is 1. The maximum atomic E-state index is 13.6. The van der Waals surface area contributed by atoms with Crippen LogP contribution in [-0.2, 0) is 6.54 Å². The topological polar surface area (TPSA) is 45.7 Å². The first-order valence-corrected chi connectivity index (χ1v) is 10.9. The number of carbonyl (C=O) groups excluding carboxylic acids is 1. The minimum absolute atomic E-state index is 0.0789. The van der Waals surface area contributed by atoms with Crippen LogP contribution in [0.25, 0.3) is 10.2 Å². The van der Waals surface area contributed by atoms with Crippen LogP contribution in [0.2, 0.25) is 0 Å². The van der Waals surface area contributed by atoms with Crippen molar-refractivity contribution >= 4 is 38.3 Å². The number of aryl methyl sites for hydroxylation is 1. The zero-order chi connectivity index (χ0) is 22.0. The minimum Gasteiger partial charge on any atom is -0.494 e. The molecule has 4 aromatic rings. The summed E-state index contributed by atoms with van der Waals surface area (Å²) in [5.41, 5.74) is 4.62. The fourth-order valence-corrected chi connectivity index (χ4v) is 4.48. The Balaban J connectivity index is 1.78. The van der Waals surface area contributed by atoms with Crippen molar-refractivity contribution in [1.82, 2.24) is 4.98 Å². The highest BCUT2D eigenvalue weighted by Crippen LogP contribution is 2.37. The molecule has 0 aliphatic heterocycles. The number of aromatic nitrogens is 1. The molecule has 31 heavy (non-hydrogen) atoms. The van der Waals surface area contributed by atoms with E-state index in [1.165, 1.54) is 11.3 Å². The Bertz CT molecular complexity index is 1200. The maximum absolute atomic E-state index is 13.6. The lowest BCUT2D eigenvalue weighted by Crippen LogP contribution is -2.30. The van der Waals surface area contributed by atoms with Crippen LogP contribution in [0.4, 0.5) is 10.8 Å². The van der Waals surface area contributed by atoms with Gasteiger partial charge < -0.3 is 9.64 Å². The molecule has 1 heterocycles.